The summed E-state index contributed by atoms with van der Waals surface area (Å²) in [6, 6.07) is 12.6. The molecule has 0 spiro atoms. The van der Waals surface area contributed by atoms with Gasteiger partial charge >= 0.3 is 0 Å². The van der Waals surface area contributed by atoms with Gasteiger partial charge in [0, 0.05) is 17.8 Å². The monoisotopic (exact) mass is 380 g/mol. The fourth-order valence-electron chi connectivity index (χ4n) is 3.62. The predicted molar refractivity (Wildman–Crippen MR) is 111 cm³/mol. The van der Waals surface area contributed by atoms with Crippen LogP contribution in [-0.4, -0.2) is 31.5 Å². The van der Waals surface area contributed by atoms with Crippen molar-refractivity contribution in [3.05, 3.63) is 59.2 Å². The minimum Gasteiger partial charge on any atom is -0.497 e. The molecule has 0 bridgehead atoms. The van der Waals surface area contributed by atoms with Crippen LogP contribution in [0.5, 0.6) is 5.75 Å². The number of benzene rings is 2. The summed E-state index contributed by atoms with van der Waals surface area (Å²) in [5.74, 6) is 0.482. The number of aryl methyl sites for hydroxylation is 2. The van der Waals surface area contributed by atoms with Crippen molar-refractivity contribution in [3.8, 4) is 5.75 Å². The van der Waals surface area contributed by atoms with Crippen LogP contribution in [0, 0.1) is 12.8 Å². The number of hydrogen-bond donors (Lipinski definition) is 1. The van der Waals surface area contributed by atoms with Gasteiger partial charge in [0.1, 0.15) is 11.8 Å². The SMILES string of the molecule is COc1ccc2c(c1)CCCN2C(=O)[C@H](NC(=O)c1cccc(C)c1)C(C)C. The van der Waals surface area contributed by atoms with E-state index in [9.17, 15) is 9.59 Å². The van der Waals surface area contributed by atoms with Crippen LogP contribution >= 0.6 is 0 Å². The summed E-state index contributed by atoms with van der Waals surface area (Å²) in [6.45, 7) is 6.51. The average molecular weight is 380 g/mol. The van der Waals surface area contributed by atoms with E-state index in [2.05, 4.69) is 5.32 Å². The molecule has 1 atom stereocenters. The van der Waals surface area contributed by atoms with Crippen LogP contribution in [0.15, 0.2) is 42.5 Å². The number of nitrogens with zero attached hydrogens (tertiary/aromatic N) is 1. The van der Waals surface area contributed by atoms with Gasteiger partial charge in [0.2, 0.25) is 5.91 Å². The zero-order valence-electron chi connectivity index (χ0n) is 17.0. The molecule has 0 aromatic heterocycles. The zero-order valence-corrected chi connectivity index (χ0v) is 17.0. The number of hydrogen-bond acceptors (Lipinski definition) is 3. The van der Waals surface area contributed by atoms with Crippen molar-refractivity contribution in [2.45, 2.75) is 39.7 Å². The normalized spacial score (nSPS) is 14.4. The number of ether oxygens (including phenoxy) is 1. The van der Waals surface area contributed by atoms with E-state index < -0.39 is 6.04 Å². The highest BCUT2D eigenvalue weighted by atomic mass is 16.5. The van der Waals surface area contributed by atoms with Crippen molar-refractivity contribution in [3.63, 3.8) is 0 Å². The number of methoxy groups -OCH3 is 1. The lowest BCUT2D eigenvalue weighted by Gasteiger charge is -2.34. The highest BCUT2D eigenvalue weighted by molar-refractivity contribution is 6.03. The van der Waals surface area contributed by atoms with Gasteiger partial charge in [-0.3, -0.25) is 9.59 Å². The molecule has 1 N–H and O–H groups in total. The van der Waals surface area contributed by atoms with Crippen LogP contribution in [-0.2, 0) is 11.2 Å². The van der Waals surface area contributed by atoms with Gasteiger partial charge in [-0.1, -0.05) is 31.5 Å². The van der Waals surface area contributed by atoms with Gasteiger partial charge in [0.15, 0.2) is 0 Å². The Morgan fingerprint density at radius 3 is 2.61 bits per heavy atom. The Bertz CT molecular complexity index is 876. The van der Waals surface area contributed by atoms with E-state index in [4.69, 9.17) is 4.74 Å². The molecule has 2 aromatic rings. The van der Waals surface area contributed by atoms with Gasteiger partial charge < -0.3 is 15.0 Å². The number of amides is 2. The first kappa shape index (κ1) is 19.9. The molecule has 0 radical (unpaired) electrons. The maximum absolute atomic E-state index is 13.4. The van der Waals surface area contributed by atoms with Crippen LogP contribution in [0.25, 0.3) is 0 Å². The lowest BCUT2D eigenvalue weighted by atomic mass is 9.97. The Balaban J connectivity index is 1.83. The molecule has 0 fully saturated rings. The molecule has 1 aliphatic heterocycles. The summed E-state index contributed by atoms with van der Waals surface area (Å²) < 4.78 is 5.31. The van der Waals surface area contributed by atoms with E-state index >= 15 is 0 Å². The first-order chi connectivity index (χ1) is 13.4. The number of carbonyl (C=O) groups excluding carboxylic acids is 2. The van der Waals surface area contributed by atoms with Crippen molar-refractivity contribution in [2.75, 3.05) is 18.6 Å². The quantitative estimate of drug-likeness (QED) is 0.860. The Hall–Kier alpha value is -2.82. The molecular formula is C23H28N2O3. The number of anilines is 1. The highest BCUT2D eigenvalue weighted by Crippen LogP contribution is 2.31. The second kappa shape index (κ2) is 8.46. The highest BCUT2D eigenvalue weighted by Gasteiger charge is 2.32. The summed E-state index contributed by atoms with van der Waals surface area (Å²) in [5.41, 5.74) is 3.60. The lowest BCUT2D eigenvalue weighted by molar-refractivity contribution is -0.121. The summed E-state index contributed by atoms with van der Waals surface area (Å²) >= 11 is 0. The molecule has 0 unspecified atom stereocenters. The van der Waals surface area contributed by atoms with Crippen LogP contribution in [0.1, 0.15) is 41.8 Å². The molecule has 28 heavy (non-hydrogen) atoms. The zero-order chi connectivity index (χ0) is 20.3. The number of rotatable bonds is 5. The van der Waals surface area contributed by atoms with Crippen LogP contribution in [0.3, 0.4) is 0 Å². The molecule has 1 aliphatic rings. The van der Waals surface area contributed by atoms with E-state index in [1.54, 1.807) is 18.1 Å². The smallest absolute Gasteiger partial charge is 0.251 e. The standard InChI is InChI=1S/C23H28N2O3/c1-15(2)21(24-22(26)18-8-5-7-16(3)13-18)23(27)25-12-6-9-17-14-19(28-4)10-11-20(17)25/h5,7-8,10-11,13-15,21H,6,9,12H2,1-4H3,(H,24,26)/t21-/m1/s1. The average Bonchev–Trinajstić information content (AvgIpc) is 2.70. The van der Waals surface area contributed by atoms with Gasteiger partial charge in [-0.25, -0.2) is 0 Å². The molecule has 1 heterocycles. The van der Waals surface area contributed by atoms with E-state index in [0.29, 0.717) is 12.1 Å². The maximum atomic E-state index is 13.4. The molecule has 2 amide bonds. The summed E-state index contributed by atoms with van der Waals surface area (Å²) in [7, 11) is 1.64. The summed E-state index contributed by atoms with van der Waals surface area (Å²) in [5, 5.41) is 2.96. The molecule has 5 nitrogen and oxygen atoms in total. The largest absolute Gasteiger partial charge is 0.497 e. The second-order valence-electron chi connectivity index (χ2n) is 7.65. The number of carbonyl (C=O) groups is 2. The van der Waals surface area contributed by atoms with Crippen molar-refractivity contribution in [1.82, 2.24) is 5.32 Å². The minimum absolute atomic E-state index is 0.0233. The molecule has 3 rings (SSSR count). The second-order valence-corrected chi connectivity index (χ2v) is 7.65. The number of nitrogens with one attached hydrogen (secondary N) is 1. The lowest BCUT2D eigenvalue weighted by Crippen LogP contribution is -2.52. The Morgan fingerprint density at radius 2 is 1.93 bits per heavy atom. The van der Waals surface area contributed by atoms with Crippen molar-refractivity contribution < 1.29 is 14.3 Å². The molecule has 0 saturated heterocycles. The minimum atomic E-state index is -0.582. The molecular weight excluding hydrogens is 352 g/mol. The molecule has 148 valence electrons. The van der Waals surface area contributed by atoms with Crippen LogP contribution in [0.4, 0.5) is 5.69 Å². The Morgan fingerprint density at radius 1 is 1.14 bits per heavy atom. The third-order valence-electron chi connectivity index (χ3n) is 5.17. The van der Waals surface area contributed by atoms with Gasteiger partial charge in [-0.2, -0.15) is 0 Å². The van der Waals surface area contributed by atoms with Gasteiger partial charge in [0.25, 0.3) is 5.91 Å². The van der Waals surface area contributed by atoms with Crippen LogP contribution in [0.2, 0.25) is 0 Å². The van der Waals surface area contributed by atoms with Crippen molar-refractivity contribution in [2.24, 2.45) is 5.92 Å². The van der Waals surface area contributed by atoms with Gasteiger partial charge in [-0.05, 0) is 61.6 Å². The third-order valence-corrected chi connectivity index (χ3v) is 5.17. The van der Waals surface area contributed by atoms with Gasteiger partial charge in [0.05, 0.1) is 7.11 Å². The summed E-state index contributed by atoms with van der Waals surface area (Å²) in [6.07, 6.45) is 1.81. The van der Waals surface area contributed by atoms with E-state index in [-0.39, 0.29) is 17.7 Å². The first-order valence-corrected chi connectivity index (χ1v) is 9.76. The molecule has 2 aromatic carbocycles. The maximum Gasteiger partial charge on any atom is 0.251 e. The first-order valence-electron chi connectivity index (χ1n) is 9.76. The molecule has 0 aliphatic carbocycles. The van der Waals surface area contributed by atoms with Crippen molar-refractivity contribution in [1.29, 1.82) is 0 Å². The third kappa shape index (κ3) is 4.19. The van der Waals surface area contributed by atoms with Crippen LogP contribution < -0.4 is 15.0 Å². The van der Waals surface area contributed by atoms with Gasteiger partial charge in [-0.15, -0.1) is 0 Å². The predicted octanol–water partition coefficient (Wildman–Crippen LogP) is 3.74. The fourth-order valence-corrected chi connectivity index (χ4v) is 3.62. The Kier molecular flexibility index (Phi) is 6.02. The Labute approximate surface area is 166 Å². The molecule has 5 heteroatoms. The van der Waals surface area contributed by atoms with E-state index in [0.717, 1.165) is 35.4 Å². The fraction of sp³-hybridized carbons (Fsp3) is 0.391. The molecule has 0 saturated carbocycles. The summed E-state index contributed by atoms with van der Waals surface area (Å²) in [4.78, 5) is 27.9. The van der Waals surface area contributed by atoms with Crippen molar-refractivity contribution >= 4 is 17.5 Å². The number of fused-ring (bicyclic) bond motifs is 1. The van der Waals surface area contributed by atoms with E-state index in [1.165, 1.54) is 0 Å². The topological polar surface area (TPSA) is 58.6 Å². The van der Waals surface area contributed by atoms with E-state index in [1.807, 2.05) is 57.2 Å².